The number of nitrogens with one attached hydrogen (secondary N) is 1. The normalized spacial score (nSPS) is 19.2. The number of anilines is 1. The van der Waals surface area contributed by atoms with Crippen molar-refractivity contribution in [1.82, 2.24) is 4.90 Å². The summed E-state index contributed by atoms with van der Waals surface area (Å²) in [5.74, 6) is -2.14. The van der Waals surface area contributed by atoms with Crippen LogP contribution < -0.4 is 5.32 Å². The quantitative estimate of drug-likeness (QED) is 0.886. The average molecular weight is 352 g/mol. The molecular formula is C20H20N2O4. The van der Waals surface area contributed by atoms with E-state index in [2.05, 4.69) is 5.32 Å². The molecule has 1 aliphatic rings. The second-order valence-corrected chi connectivity index (χ2v) is 6.50. The second kappa shape index (κ2) is 7.39. The lowest BCUT2D eigenvalue weighted by atomic mass is 9.99. The molecule has 0 aromatic heterocycles. The van der Waals surface area contributed by atoms with E-state index in [4.69, 9.17) is 0 Å². The molecule has 3 rings (SSSR count). The summed E-state index contributed by atoms with van der Waals surface area (Å²) in [6.07, 6.45) is 0. The highest BCUT2D eigenvalue weighted by Gasteiger charge is 2.37. The molecule has 0 bridgehead atoms. The summed E-state index contributed by atoms with van der Waals surface area (Å²) in [4.78, 5) is 38.1. The van der Waals surface area contributed by atoms with Crippen LogP contribution in [-0.2, 0) is 4.79 Å². The Labute approximate surface area is 151 Å². The molecule has 0 aliphatic carbocycles. The first-order valence-corrected chi connectivity index (χ1v) is 8.45. The smallest absolute Gasteiger partial charge is 0.308 e. The largest absolute Gasteiger partial charge is 0.481 e. The molecule has 2 atom stereocenters. The lowest BCUT2D eigenvalue weighted by molar-refractivity contribution is -0.142. The SMILES string of the molecule is C[C@@H]1CN(C(=O)c2ccccc2NC(=O)c2ccccc2)C[C@H]1C(=O)O. The van der Waals surface area contributed by atoms with E-state index >= 15 is 0 Å². The van der Waals surface area contributed by atoms with Gasteiger partial charge in [0.05, 0.1) is 17.2 Å². The van der Waals surface area contributed by atoms with Gasteiger partial charge in [-0.1, -0.05) is 37.3 Å². The Kier molecular flexibility index (Phi) is 5.02. The Hall–Kier alpha value is -3.15. The van der Waals surface area contributed by atoms with Crippen LogP contribution in [0.2, 0.25) is 0 Å². The van der Waals surface area contributed by atoms with Crippen LogP contribution in [0.15, 0.2) is 54.6 Å². The van der Waals surface area contributed by atoms with E-state index in [-0.39, 0.29) is 24.3 Å². The third-order valence-electron chi connectivity index (χ3n) is 4.66. The summed E-state index contributed by atoms with van der Waals surface area (Å²) in [5.41, 5.74) is 1.27. The fourth-order valence-electron chi connectivity index (χ4n) is 3.19. The highest BCUT2D eigenvalue weighted by atomic mass is 16.4. The van der Waals surface area contributed by atoms with E-state index < -0.39 is 11.9 Å². The summed E-state index contributed by atoms with van der Waals surface area (Å²) in [6.45, 7) is 2.39. The first-order valence-electron chi connectivity index (χ1n) is 8.45. The molecule has 2 N–H and O–H groups in total. The van der Waals surface area contributed by atoms with Crippen molar-refractivity contribution in [2.24, 2.45) is 11.8 Å². The highest BCUT2D eigenvalue weighted by molar-refractivity contribution is 6.09. The molecule has 6 heteroatoms. The van der Waals surface area contributed by atoms with E-state index in [9.17, 15) is 19.5 Å². The van der Waals surface area contributed by atoms with Gasteiger partial charge in [0.15, 0.2) is 0 Å². The summed E-state index contributed by atoms with van der Waals surface area (Å²) < 4.78 is 0. The van der Waals surface area contributed by atoms with Crippen molar-refractivity contribution < 1.29 is 19.5 Å². The van der Waals surface area contributed by atoms with Crippen LogP contribution >= 0.6 is 0 Å². The molecule has 0 radical (unpaired) electrons. The third kappa shape index (κ3) is 3.59. The van der Waals surface area contributed by atoms with Gasteiger partial charge in [-0.15, -0.1) is 0 Å². The third-order valence-corrected chi connectivity index (χ3v) is 4.66. The summed E-state index contributed by atoms with van der Waals surface area (Å²) in [5, 5.41) is 12.0. The van der Waals surface area contributed by atoms with Gasteiger partial charge < -0.3 is 15.3 Å². The Morgan fingerprint density at radius 1 is 1.00 bits per heavy atom. The predicted molar refractivity (Wildman–Crippen MR) is 97.0 cm³/mol. The number of benzene rings is 2. The van der Waals surface area contributed by atoms with Gasteiger partial charge in [-0.25, -0.2) is 0 Å². The van der Waals surface area contributed by atoms with Crippen LogP contribution in [0.25, 0.3) is 0 Å². The maximum atomic E-state index is 12.9. The Morgan fingerprint density at radius 3 is 2.31 bits per heavy atom. The molecule has 1 fully saturated rings. The number of carbonyl (C=O) groups excluding carboxylic acids is 2. The maximum Gasteiger partial charge on any atom is 0.308 e. The molecule has 1 aliphatic heterocycles. The molecule has 1 heterocycles. The molecule has 26 heavy (non-hydrogen) atoms. The fourth-order valence-corrected chi connectivity index (χ4v) is 3.19. The zero-order chi connectivity index (χ0) is 18.7. The molecular weight excluding hydrogens is 332 g/mol. The highest BCUT2D eigenvalue weighted by Crippen LogP contribution is 2.27. The molecule has 0 saturated carbocycles. The van der Waals surface area contributed by atoms with E-state index in [0.717, 1.165) is 0 Å². The van der Waals surface area contributed by atoms with Crippen molar-refractivity contribution in [3.63, 3.8) is 0 Å². The summed E-state index contributed by atoms with van der Waals surface area (Å²) in [7, 11) is 0. The van der Waals surface area contributed by atoms with Gasteiger partial charge in [-0.05, 0) is 30.2 Å². The summed E-state index contributed by atoms with van der Waals surface area (Å²) in [6, 6.07) is 15.5. The van der Waals surface area contributed by atoms with Crippen LogP contribution in [0.4, 0.5) is 5.69 Å². The number of carboxylic acids is 1. The van der Waals surface area contributed by atoms with E-state index in [1.807, 2.05) is 13.0 Å². The minimum Gasteiger partial charge on any atom is -0.481 e. The molecule has 1 saturated heterocycles. The van der Waals surface area contributed by atoms with Crippen LogP contribution in [0.5, 0.6) is 0 Å². The number of carbonyl (C=O) groups is 3. The maximum absolute atomic E-state index is 12.9. The van der Waals surface area contributed by atoms with E-state index in [1.165, 1.54) is 4.90 Å². The lowest BCUT2D eigenvalue weighted by Gasteiger charge is -2.18. The van der Waals surface area contributed by atoms with Crippen LogP contribution in [0, 0.1) is 11.8 Å². The number of para-hydroxylation sites is 1. The lowest BCUT2D eigenvalue weighted by Crippen LogP contribution is -2.30. The Balaban J connectivity index is 1.80. The van der Waals surface area contributed by atoms with Gasteiger partial charge >= 0.3 is 5.97 Å². The molecule has 6 nitrogen and oxygen atoms in total. The van der Waals surface area contributed by atoms with Gasteiger partial charge in [-0.3, -0.25) is 14.4 Å². The second-order valence-electron chi connectivity index (χ2n) is 6.50. The van der Waals surface area contributed by atoms with Gasteiger partial charge in [0, 0.05) is 18.7 Å². The average Bonchev–Trinajstić information content (AvgIpc) is 3.04. The Bertz CT molecular complexity index is 835. The van der Waals surface area contributed by atoms with Gasteiger partial charge in [0.2, 0.25) is 0 Å². The van der Waals surface area contributed by atoms with Crippen LogP contribution in [0.3, 0.4) is 0 Å². The number of aliphatic carboxylic acids is 1. The van der Waals surface area contributed by atoms with Crippen molar-refractivity contribution in [3.8, 4) is 0 Å². The number of rotatable bonds is 4. The number of carboxylic acid groups (broad SMARTS) is 1. The first kappa shape index (κ1) is 17.7. The predicted octanol–water partition coefficient (Wildman–Crippen LogP) is 2.73. The Morgan fingerprint density at radius 2 is 1.65 bits per heavy atom. The minimum absolute atomic E-state index is 0.109. The van der Waals surface area contributed by atoms with Crippen LogP contribution in [-0.4, -0.2) is 40.9 Å². The molecule has 134 valence electrons. The number of hydrogen-bond acceptors (Lipinski definition) is 3. The number of likely N-dealkylation sites (tertiary alicyclic amines) is 1. The van der Waals surface area contributed by atoms with E-state index in [1.54, 1.807) is 48.5 Å². The van der Waals surface area contributed by atoms with Crippen molar-refractivity contribution in [3.05, 3.63) is 65.7 Å². The van der Waals surface area contributed by atoms with Crippen molar-refractivity contribution in [1.29, 1.82) is 0 Å². The van der Waals surface area contributed by atoms with Gasteiger partial charge in [0.1, 0.15) is 0 Å². The monoisotopic (exact) mass is 352 g/mol. The minimum atomic E-state index is -0.890. The van der Waals surface area contributed by atoms with Crippen molar-refractivity contribution in [2.45, 2.75) is 6.92 Å². The number of hydrogen-bond donors (Lipinski definition) is 2. The van der Waals surface area contributed by atoms with Crippen molar-refractivity contribution >= 4 is 23.5 Å². The first-order chi connectivity index (χ1) is 12.5. The van der Waals surface area contributed by atoms with Gasteiger partial charge in [0.25, 0.3) is 11.8 Å². The zero-order valence-electron chi connectivity index (χ0n) is 14.4. The van der Waals surface area contributed by atoms with Gasteiger partial charge in [-0.2, -0.15) is 0 Å². The van der Waals surface area contributed by atoms with Crippen molar-refractivity contribution in [2.75, 3.05) is 18.4 Å². The molecule has 2 aromatic rings. The van der Waals surface area contributed by atoms with Crippen LogP contribution in [0.1, 0.15) is 27.6 Å². The topological polar surface area (TPSA) is 86.7 Å². The zero-order valence-corrected chi connectivity index (χ0v) is 14.4. The molecule has 0 spiro atoms. The number of amides is 2. The molecule has 2 aromatic carbocycles. The fraction of sp³-hybridized carbons (Fsp3) is 0.250. The molecule has 2 amide bonds. The molecule has 0 unspecified atom stereocenters. The number of nitrogens with zero attached hydrogens (tertiary/aromatic N) is 1. The standard InChI is InChI=1S/C20H20N2O4/c1-13-11-22(12-16(13)20(25)26)19(24)15-9-5-6-10-17(15)21-18(23)14-7-3-2-4-8-14/h2-10,13,16H,11-12H2,1H3,(H,21,23)(H,25,26)/t13-,16-/m1/s1. The summed E-state index contributed by atoms with van der Waals surface area (Å²) >= 11 is 0. The van der Waals surface area contributed by atoms with E-state index in [0.29, 0.717) is 23.4 Å².